The lowest BCUT2D eigenvalue weighted by atomic mass is 9.86. The number of amides is 1. The minimum atomic E-state index is -0.366. The lowest BCUT2D eigenvalue weighted by Crippen LogP contribution is -2.22. The van der Waals surface area contributed by atoms with Crippen molar-refractivity contribution in [1.82, 2.24) is 0 Å². The van der Waals surface area contributed by atoms with E-state index in [-0.39, 0.29) is 18.5 Å². The van der Waals surface area contributed by atoms with E-state index in [0.29, 0.717) is 23.0 Å². The Balaban J connectivity index is 1.73. The number of esters is 1. The van der Waals surface area contributed by atoms with E-state index >= 15 is 0 Å². The van der Waals surface area contributed by atoms with Gasteiger partial charge in [-0.2, -0.15) is 0 Å². The number of ether oxygens (including phenoxy) is 1. The summed E-state index contributed by atoms with van der Waals surface area (Å²) in [4.78, 5) is 23.8. The maximum atomic E-state index is 12.0. The molecule has 132 valence electrons. The Bertz CT molecular complexity index is 571. The van der Waals surface area contributed by atoms with Crippen LogP contribution in [0.1, 0.15) is 56.1 Å². The lowest BCUT2D eigenvalue weighted by molar-refractivity contribution is -0.147. The predicted molar refractivity (Wildman–Crippen MR) is 96.3 cm³/mol. The van der Waals surface area contributed by atoms with Crippen molar-refractivity contribution in [2.24, 2.45) is 5.92 Å². The first-order valence-electron chi connectivity index (χ1n) is 8.68. The summed E-state index contributed by atoms with van der Waals surface area (Å²) in [6, 6.07) is 3.73. The van der Waals surface area contributed by atoms with Crippen molar-refractivity contribution in [3.63, 3.8) is 0 Å². The van der Waals surface area contributed by atoms with Crippen molar-refractivity contribution < 1.29 is 14.3 Å². The first-order chi connectivity index (χ1) is 11.5. The van der Waals surface area contributed by atoms with E-state index in [4.69, 9.17) is 16.3 Å². The SMILES string of the molecule is Cc1cc(C)c(NC(=O)COC(=O)CCC2CCCCC2)c(Cl)c1. The molecule has 1 fully saturated rings. The summed E-state index contributed by atoms with van der Waals surface area (Å²) >= 11 is 6.15. The molecule has 0 unspecified atom stereocenters. The number of anilines is 1. The Morgan fingerprint density at radius 3 is 2.58 bits per heavy atom. The van der Waals surface area contributed by atoms with Gasteiger partial charge in [-0.1, -0.05) is 49.8 Å². The molecule has 0 atom stereocenters. The summed E-state index contributed by atoms with van der Waals surface area (Å²) in [5, 5.41) is 3.21. The topological polar surface area (TPSA) is 55.4 Å². The molecule has 4 nitrogen and oxygen atoms in total. The monoisotopic (exact) mass is 351 g/mol. The van der Waals surface area contributed by atoms with Gasteiger partial charge in [0.05, 0.1) is 10.7 Å². The van der Waals surface area contributed by atoms with Gasteiger partial charge in [0.25, 0.3) is 5.91 Å². The molecule has 0 heterocycles. The molecule has 1 saturated carbocycles. The number of nitrogens with one attached hydrogen (secondary N) is 1. The van der Waals surface area contributed by atoms with Gasteiger partial charge < -0.3 is 10.1 Å². The average molecular weight is 352 g/mol. The van der Waals surface area contributed by atoms with Gasteiger partial charge in [-0.05, 0) is 43.4 Å². The number of halogens is 1. The fourth-order valence-corrected chi connectivity index (χ4v) is 3.63. The van der Waals surface area contributed by atoms with Crippen LogP contribution in [0.15, 0.2) is 12.1 Å². The summed E-state index contributed by atoms with van der Waals surface area (Å²) in [5.74, 6) is -0.0357. The third-order valence-electron chi connectivity index (χ3n) is 4.54. The van der Waals surface area contributed by atoms with Crippen LogP contribution in [-0.2, 0) is 14.3 Å². The molecule has 0 bridgehead atoms. The van der Waals surface area contributed by atoms with E-state index in [1.165, 1.54) is 32.1 Å². The highest BCUT2D eigenvalue weighted by molar-refractivity contribution is 6.34. The Kier molecular flexibility index (Phi) is 7.10. The summed E-state index contributed by atoms with van der Waals surface area (Å²) < 4.78 is 5.08. The number of aryl methyl sites for hydroxylation is 2. The van der Waals surface area contributed by atoms with Crippen LogP contribution in [0.25, 0.3) is 0 Å². The maximum absolute atomic E-state index is 12.0. The van der Waals surface area contributed by atoms with Gasteiger partial charge in [0.15, 0.2) is 6.61 Å². The second kappa shape index (κ2) is 9.07. The molecule has 1 aliphatic rings. The summed E-state index contributed by atoms with van der Waals surface area (Å²) in [6.45, 7) is 3.55. The van der Waals surface area contributed by atoms with Crippen molar-refractivity contribution in [3.05, 3.63) is 28.3 Å². The molecule has 1 amide bonds. The fraction of sp³-hybridized carbons (Fsp3) is 0.579. The second-order valence-electron chi connectivity index (χ2n) is 6.69. The highest BCUT2D eigenvalue weighted by atomic mass is 35.5. The van der Waals surface area contributed by atoms with Crippen LogP contribution in [0.5, 0.6) is 0 Å². The fourth-order valence-electron chi connectivity index (χ4n) is 3.27. The lowest BCUT2D eigenvalue weighted by Gasteiger charge is -2.20. The summed E-state index contributed by atoms with van der Waals surface area (Å²) in [6.07, 6.45) is 7.50. The van der Waals surface area contributed by atoms with Crippen molar-refractivity contribution in [2.45, 2.75) is 58.8 Å². The van der Waals surface area contributed by atoms with Gasteiger partial charge in [-0.15, -0.1) is 0 Å². The van der Waals surface area contributed by atoms with Gasteiger partial charge in [0, 0.05) is 6.42 Å². The number of hydrogen-bond acceptors (Lipinski definition) is 3. The zero-order valence-corrected chi connectivity index (χ0v) is 15.2. The van der Waals surface area contributed by atoms with Gasteiger partial charge in [0.2, 0.25) is 0 Å². The molecule has 0 aromatic heterocycles. The van der Waals surface area contributed by atoms with Crippen LogP contribution < -0.4 is 5.32 Å². The van der Waals surface area contributed by atoms with Gasteiger partial charge in [0.1, 0.15) is 0 Å². The molecule has 5 heteroatoms. The minimum absolute atomic E-state index is 0.271. The quantitative estimate of drug-likeness (QED) is 0.749. The Hall–Kier alpha value is -1.55. The van der Waals surface area contributed by atoms with E-state index < -0.39 is 0 Å². The van der Waals surface area contributed by atoms with Crippen molar-refractivity contribution in [2.75, 3.05) is 11.9 Å². The Morgan fingerprint density at radius 1 is 1.21 bits per heavy atom. The summed E-state index contributed by atoms with van der Waals surface area (Å²) in [7, 11) is 0. The predicted octanol–water partition coefficient (Wildman–Crippen LogP) is 4.80. The number of carbonyl (C=O) groups is 2. The van der Waals surface area contributed by atoms with Crippen LogP contribution >= 0.6 is 11.6 Å². The van der Waals surface area contributed by atoms with Crippen LogP contribution in [0, 0.1) is 19.8 Å². The molecule has 2 rings (SSSR count). The van der Waals surface area contributed by atoms with Crippen LogP contribution in [0.2, 0.25) is 5.02 Å². The Labute approximate surface area is 148 Å². The molecular formula is C19H26ClNO3. The van der Waals surface area contributed by atoms with Crippen LogP contribution in [0.3, 0.4) is 0 Å². The zero-order chi connectivity index (χ0) is 17.5. The highest BCUT2D eigenvalue weighted by Gasteiger charge is 2.16. The zero-order valence-electron chi connectivity index (χ0n) is 14.5. The molecular weight excluding hydrogens is 326 g/mol. The Morgan fingerprint density at radius 2 is 1.92 bits per heavy atom. The third kappa shape index (κ3) is 5.82. The molecule has 0 radical (unpaired) electrons. The van der Waals surface area contributed by atoms with Crippen molar-refractivity contribution in [3.8, 4) is 0 Å². The third-order valence-corrected chi connectivity index (χ3v) is 4.84. The molecule has 1 N–H and O–H groups in total. The maximum Gasteiger partial charge on any atom is 0.306 e. The number of carbonyl (C=O) groups excluding carboxylic acids is 2. The highest BCUT2D eigenvalue weighted by Crippen LogP contribution is 2.28. The van der Waals surface area contributed by atoms with E-state index in [1.807, 2.05) is 19.9 Å². The number of benzene rings is 1. The average Bonchev–Trinajstić information content (AvgIpc) is 2.55. The number of rotatable bonds is 6. The van der Waals surface area contributed by atoms with Crippen LogP contribution in [0.4, 0.5) is 5.69 Å². The first-order valence-corrected chi connectivity index (χ1v) is 9.05. The van der Waals surface area contributed by atoms with Gasteiger partial charge >= 0.3 is 5.97 Å². The summed E-state index contributed by atoms with van der Waals surface area (Å²) in [5.41, 5.74) is 2.49. The van der Waals surface area contributed by atoms with E-state index in [1.54, 1.807) is 6.07 Å². The largest absolute Gasteiger partial charge is 0.456 e. The molecule has 1 aromatic carbocycles. The number of hydrogen-bond donors (Lipinski definition) is 1. The molecule has 0 aliphatic heterocycles. The van der Waals surface area contributed by atoms with E-state index in [0.717, 1.165) is 17.5 Å². The molecule has 0 saturated heterocycles. The smallest absolute Gasteiger partial charge is 0.306 e. The molecule has 1 aromatic rings. The normalized spacial score (nSPS) is 15.1. The van der Waals surface area contributed by atoms with Gasteiger partial charge in [-0.25, -0.2) is 0 Å². The van der Waals surface area contributed by atoms with E-state index in [2.05, 4.69) is 5.32 Å². The first kappa shape index (κ1) is 18.8. The molecule has 24 heavy (non-hydrogen) atoms. The molecule has 1 aliphatic carbocycles. The van der Waals surface area contributed by atoms with Crippen LogP contribution in [-0.4, -0.2) is 18.5 Å². The standard InChI is InChI=1S/C19H26ClNO3/c1-13-10-14(2)19(16(20)11-13)21-17(22)12-24-18(23)9-8-15-6-4-3-5-7-15/h10-11,15H,3-9,12H2,1-2H3,(H,21,22). The van der Waals surface area contributed by atoms with Gasteiger partial charge in [-0.3, -0.25) is 9.59 Å². The minimum Gasteiger partial charge on any atom is -0.456 e. The van der Waals surface area contributed by atoms with Crippen molar-refractivity contribution >= 4 is 29.2 Å². The second-order valence-corrected chi connectivity index (χ2v) is 7.10. The van der Waals surface area contributed by atoms with Crippen molar-refractivity contribution in [1.29, 1.82) is 0 Å². The molecule has 0 spiro atoms. The van der Waals surface area contributed by atoms with E-state index in [9.17, 15) is 9.59 Å².